The Bertz CT molecular complexity index is 427. The molecule has 21 heavy (non-hydrogen) atoms. The average molecular weight is 370 g/mol. The minimum absolute atomic E-state index is 0.00290. The summed E-state index contributed by atoms with van der Waals surface area (Å²) in [5.41, 5.74) is 2.05. The molecule has 2 rings (SSSR count). The fourth-order valence-electron chi connectivity index (χ4n) is 3.16. The molecule has 0 aliphatic carbocycles. The lowest BCUT2D eigenvalue weighted by molar-refractivity contribution is 0.604. The van der Waals surface area contributed by atoms with Crippen LogP contribution in [-0.4, -0.2) is 13.6 Å². The molecule has 0 spiro atoms. The predicted molar refractivity (Wildman–Crippen MR) is 95.5 cm³/mol. The molecule has 0 amide bonds. The molecular formula is C18H27BrFSi. The number of benzene rings is 1. The van der Waals surface area contributed by atoms with Crippen LogP contribution in [0.25, 0.3) is 0 Å². The van der Waals surface area contributed by atoms with E-state index in [0.29, 0.717) is 0 Å². The van der Waals surface area contributed by atoms with Gasteiger partial charge in [-0.2, -0.15) is 0 Å². The van der Waals surface area contributed by atoms with Gasteiger partial charge in [-0.1, -0.05) is 66.0 Å². The Labute approximate surface area is 139 Å². The maximum atomic E-state index is 13.9. The lowest BCUT2D eigenvalue weighted by atomic mass is 10.0. The zero-order valence-electron chi connectivity index (χ0n) is 13.1. The van der Waals surface area contributed by atoms with Gasteiger partial charge >= 0.3 is 0 Å². The van der Waals surface area contributed by atoms with Gasteiger partial charge in [0.05, 0.1) is 0 Å². The first-order valence-electron chi connectivity index (χ1n) is 8.44. The van der Waals surface area contributed by atoms with E-state index in [-0.39, 0.29) is 14.6 Å². The summed E-state index contributed by atoms with van der Waals surface area (Å²) in [6, 6.07) is 10.3. The molecule has 1 saturated heterocycles. The van der Waals surface area contributed by atoms with Crippen molar-refractivity contribution in [1.29, 1.82) is 0 Å². The molecule has 1 aromatic carbocycles. The largest absolute Gasteiger partial charge is 0.207 e. The SMILES string of the molecule is CCCc1ccc(CCCC[Si]2CCC(Br)CC2)cc1F. The van der Waals surface area contributed by atoms with Crippen LogP contribution in [0.2, 0.25) is 18.1 Å². The van der Waals surface area contributed by atoms with Crippen LogP contribution in [0, 0.1) is 5.82 Å². The van der Waals surface area contributed by atoms with E-state index in [2.05, 4.69) is 28.9 Å². The lowest BCUT2D eigenvalue weighted by Gasteiger charge is -2.23. The lowest BCUT2D eigenvalue weighted by Crippen LogP contribution is -2.21. The Morgan fingerprint density at radius 3 is 2.62 bits per heavy atom. The number of alkyl halides is 1. The Morgan fingerprint density at radius 1 is 1.19 bits per heavy atom. The number of aryl methyl sites for hydroxylation is 2. The summed E-state index contributed by atoms with van der Waals surface area (Å²) in [5.74, 6) is -0.00290. The van der Waals surface area contributed by atoms with Crippen LogP contribution in [0.3, 0.4) is 0 Å². The van der Waals surface area contributed by atoms with Gasteiger partial charge in [-0.05, 0) is 49.3 Å². The minimum Gasteiger partial charge on any atom is -0.207 e. The summed E-state index contributed by atoms with van der Waals surface area (Å²) >= 11 is 3.73. The summed E-state index contributed by atoms with van der Waals surface area (Å²) in [5, 5.41) is 0. The topological polar surface area (TPSA) is 0 Å². The first-order chi connectivity index (χ1) is 10.2. The Hall–Kier alpha value is -0.153. The van der Waals surface area contributed by atoms with E-state index in [1.54, 1.807) is 6.07 Å². The normalized spacial score (nSPS) is 17.3. The maximum Gasteiger partial charge on any atom is 0.126 e. The smallest absolute Gasteiger partial charge is 0.126 e. The molecule has 0 saturated carbocycles. The molecule has 1 fully saturated rings. The highest BCUT2D eigenvalue weighted by Gasteiger charge is 2.19. The van der Waals surface area contributed by atoms with Crippen molar-refractivity contribution < 1.29 is 4.39 Å². The van der Waals surface area contributed by atoms with Gasteiger partial charge in [0.1, 0.15) is 5.82 Å². The summed E-state index contributed by atoms with van der Waals surface area (Å²) < 4.78 is 13.9. The van der Waals surface area contributed by atoms with Crippen molar-refractivity contribution in [2.24, 2.45) is 0 Å². The molecule has 3 heteroatoms. The van der Waals surface area contributed by atoms with Gasteiger partial charge in [-0.15, -0.1) is 0 Å². The number of rotatable bonds is 7. The summed E-state index contributed by atoms with van der Waals surface area (Å²) in [6.07, 6.45) is 8.23. The predicted octanol–water partition coefficient (Wildman–Crippen LogP) is 6.15. The average Bonchev–Trinajstić information content (AvgIpc) is 2.48. The van der Waals surface area contributed by atoms with Crippen LogP contribution in [0.4, 0.5) is 4.39 Å². The molecule has 1 aliphatic rings. The van der Waals surface area contributed by atoms with Crippen molar-refractivity contribution >= 4 is 24.7 Å². The van der Waals surface area contributed by atoms with Gasteiger partial charge in [-0.25, -0.2) is 4.39 Å². The van der Waals surface area contributed by atoms with Crippen molar-refractivity contribution in [2.45, 2.75) is 74.8 Å². The van der Waals surface area contributed by atoms with Crippen molar-refractivity contribution in [3.8, 4) is 0 Å². The van der Waals surface area contributed by atoms with Crippen molar-refractivity contribution in [2.75, 3.05) is 0 Å². The van der Waals surface area contributed by atoms with E-state index >= 15 is 0 Å². The number of hydrogen-bond donors (Lipinski definition) is 0. The third-order valence-corrected chi connectivity index (χ3v) is 8.47. The molecule has 0 aromatic heterocycles. The van der Waals surface area contributed by atoms with E-state index in [0.717, 1.165) is 29.7 Å². The molecular weight excluding hydrogens is 343 g/mol. The second-order valence-corrected chi connectivity index (χ2v) is 10.6. The second kappa shape index (κ2) is 9.09. The van der Waals surface area contributed by atoms with Crippen LogP contribution in [0.5, 0.6) is 0 Å². The molecule has 1 heterocycles. The Kier molecular flexibility index (Phi) is 7.45. The molecule has 0 nitrogen and oxygen atoms in total. The zero-order chi connectivity index (χ0) is 15.1. The minimum atomic E-state index is -0.0605. The van der Waals surface area contributed by atoms with E-state index in [9.17, 15) is 4.39 Å². The van der Waals surface area contributed by atoms with Gasteiger partial charge in [0.2, 0.25) is 0 Å². The van der Waals surface area contributed by atoms with Crippen molar-refractivity contribution in [1.82, 2.24) is 0 Å². The standard InChI is InChI=1S/C18H27BrFSi/c1-2-5-16-8-7-15(14-18(16)20)6-3-4-11-21-12-9-17(19)10-13-21/h7-8,14,17H,2-6,9-13H2,1H3. The molecule has 1 aromatic rings. The van der Waals surface area contributed by atoms with Crippen molar-refractivity contribution in [3.63, 3.8) is 0 Å². The molecule has 1 aliphatic heterocycles. The number of halogens is 2. The van der Waals surface area contributed by atoms with Crippen LogP contribution in [-0.2, 0) is 12.8 Å². The van der Waals surface area contributed by atoms with Gasteiger partial charge in [-0.3, -0.25) is 0 Å². The fraction of sp³-hybridized carbons (Fsp3) is 0.667. The van der Waals surface area contributed by atoms with Crippen molar-refractivity contribution in [3.05, 3.63) is 35.1 Å². The summed E-state index contributed by atoms with van der Waals surface area (Å²) in [6.45, 7) is 2.10. The molecule has 117 valence electrons. The Balaban J connectivity index is 1.67. The highest BCUT2D eigenvalue weighted by atomic mass is 79.9. The molecule has 0 atom stereocenters. The van der Waals surface area contributed by atoms with E-state index < -0.39 is 0 Å². The monoisotopic (exact) mass is 369 g/mol. The first-order valence-corrected chi connectivity index (χ1v) is 11.5. The maximum absolute atomic E-state index is 13.9. The van der Waals surface area contributed by atoms with E-state index in [1.165, 1.54) is 49.4 Å². The highest BCUT2D eigenvalue weighted by Crippen LogP contribution is 2.28. The number of unbranched alkanes of at least 4 members (excludes halogenated alkanes) is 1. The Morgan fingerprint density at radius 2 is 1.95 bits per heavy atom. The number of hydrogen-bond acceptors (Lipinski definition) is 0. The zero-order valence-corrected chi connectivity index (χ0v) is 15.7. The van der Waals surface area contributed by atoms with Gasteiger partial charge in [0.25, 0.3) is 0 Å². The summed E-state index contributed by atoms with van der Waals surface area (Å²) in [4.78, 5) is 0.788. The third-order valence-electron chi connectivity index (χ3n) is 4.50. The molecule has 0 unspecified atom stereocenters. The summed E-state index contributed by atoms with van der Waals surface area (Å²) in [7, 11) is -0.0605. The van der Waals surface area contributed by atoms with Crippen LogP contribution in [0.15, 0.2) is 18.2 Å². The van der Waals surface area contributed by atoms with Crippen LogP contribution >= 0.6 is 15.9 Å². The second-order valence-electron chi connectivity index (χ2n) is 6.31. The fourth-order valence-corrected chi connectivity index (χ4v) is 7.48. The van der Waals surface area contributed by atoms with Crippen LogP contribution in [0.1, 0.15) is 50.2 Å². The third kappa shape index (κ3) is 5.86. The highest BCUT2D eigenvalue weighted by molar-refractivity contribution is 9.09. The van der Waals surface area contributed by atoms with Gasteiger partial charge in [0, 0.05) is 13.6 Å². The quantitative estimate of drug-likeness (QED) is 0.307. The van der Waals surface area contributed by atoms with E-state index in [4.69, 9.17) is 0 Å². The van der Waals surface area contributed by atoms with E-state index in [1.807, 2.05) is 6.07 Å². The van der Waals surface area contributed by atoms with Gasteiger partial charge < -0.3 is 0 Å². The first kappa shape index (κ1) is 17.2. The molecule has 1 radical (unpaired) electrons. The van der Waals surface area contributed by atoms with Crippen LogP contribution < -0.4 is 0 Å². The molecule has 0 N–H and O–H groups in total. The van der Waals surface area contributed by atoms with Gasteiger partial charge in [0.15, 0.2) is 0 Å². The molecule has 0 bridgehead atoms.